The second-order valence-electron chi connectivity index (χ2n) is 5.88. The van der Waals surface area contributed by atoms with Crippen LogP contribution in [0.15, 0.2) is 29.2 Å². The van der Waals surface area contributed by atoms with Crippen molar-refractivity contribution in [2.24, 2.45) is 0 Å². The van der Waals surface area contributed by atoms with Crippen molar-refractivity contribution < 1.29 is 22.0 Å². The van der Waals surface area contributed by atoms with Crippen molar-refractivity contribution in [3.05, 3.63) is 24.3 Å². The van der Waals surface area contributed by atoms with E-state index in [4.69, 9.17) is 0 Å². The molecular formula is C16H22F2N2O3S. The van der Waals surface area contributed by atoms with E-state index in [1.165, 1.54) is 12.1 Å². The highest BCUT2D eigenvalue weighted by Gasteiger charge is 2.27. The Kier molecular flexibility index (Phi) is 6.15. The summed E-state index contributed by atoms with van der Waals surface area (Å²) in [6.07, 6.45) is 2.94. The van der Waals surface area contributed by atoms with Crippen LogP contribution in [-0.2, 0) is 14.6 Å². The van der Waals surface area contributed by atoms with Crippen LogP contribution < -0.4 is 10.2 Å². The topological polar surface area (TPSA) is 66.5 Å². The minimum atomic E-state index is -4.55. The first-order chi connectivity index (χ1) is 11.3. The Bertz CT molecular complexity index is 654. The number of carbonyl (C=O) groups is 1. The van der Waals surface area contributed by atoms with Gasteiger partial charge in [0, 0.05) is 31.2 Å². The quantitative estimate of drug-likeness (QED) is 0.847. The third-order valence-corrected chi connectivity index (χ3v) is 5.50. The Balaban J connectivity index is 1.94. The summed E-state index contributed by atoms with van der Waals surface area (Å²) in [6.45, 7) is 3.40. The predicted octanol–water partition coefficient (Wildman–Crippen LogP) is 2.57. The van der Waals surface area contributed by atoms with Crippen molar-refractivity contribution in [1.82, 2.24) is 5.32 Å². The number of hydrogen-bond acceptors (Lipinski definition) is 4. The van der Waals surface area contributed by atoms with Crippen LogP contribution in [0.3, 0.4) is 0 Å². The monoisotopic (exact) mass is 360 g/mol. The van der Waals surface area contributed by atoms with Gasteiger partial charge in [-0.3, -0.25) is 4.79 Å². The molecule has 1 aliphatic rings. The summed E-state index contributed by atoms with van der Waals surface area (Å²) in [5.41, 5.74) is 0.793. The summed E-state index contributed by atoms with van der Waals surface area (Å²) < 4.78 is 47.9. The molecule has 8 heteroatoms. The summed E-state index contributed by atoms with van der Waals surface area (Å²) >= 11 is 0. The maximum atomic E-state index is 12.5. The third kappa shape index (κ3) is 4.43. The maximum absolute atomic E-state index is 12.5. The first-order valence-corrected chi connectivity index (χ1v) is 9.55. The van der Waals surface area contributed by atoms with E-state index in [1.807, 2.05) is 6.92 Å². The zero-order chi connectivity index (χ0) is 17.7. The second kappa shape index (κ2) is 7.92. The molecule has 0 unspecified atom stereocenters. The molecule has 24 heavy (non-hydrogen) atoms. The van der Waals surface area contributed by atoms with Crippen LogP contribution in [0.1, 0.15) is 32.6 Å². The van der Waals surface area contributed by atoms with Crippen LogP contribution in [0.2, 0.25) is 0 Å². The van der Waals surface area contributed by atoms with Gasteiger partial charge in [0.2, 0.25) is 15.7 Å². The van der Waals surface area contributed by atoms with Gasteiger partial charge in [0.1, 0.15) is 0 Å². The highest BCUT2D eigenvalue weighted by atomic mass is 32.2. The van der Waals surface area contributed by atoms with Crippen molar-refractivity contribution in [3.63, 3.8) is 0 Å². The van der Waals surface area contributed by atoms with Gasteiger partial charge in [0.05, 0.1) is 4.90 Å². The normalized spacial score (nSPS) is 16.4. The molecule has 1 heterocycles. The van der Waals surface area contributed by atoms with E-state index in [1.54, 1.807) is 12.1 Å². The van der Waals surface area contributed by atoms with Gasteiger partial charge in [0.15, 0.2) is 0 Å². The van der Waals surface area contributed by atoms with E-state index in [0.29, 0.717) is 6.42 Å². The van der Waals surface area contributed by atoms with Gasteiger partial charge >= 0.3 is 5.76 Å². The van der Waals surface area contributed by atoms with Crippen LogP contribution in [0.4, 0.5) is 14.5 Å². The number of halogens is 2. The van der Waals surface area contributed by atoms with Gasteiger partial charge < -0.3 is 10.2 Å². The summed E-state index contributed by atoms with van der Waals surface area (Å²) in [6, 6.07) is 5.67. The number of nitrogens with one attached hydrogen (secondary N) is 1. The third-order valence-electron chi connectivity index (χ3n) is 4.10. The minimum Gasteiger partial charge on any atom is -0.371 e. The molecule has 1 N–H and O–H groups in total. The predicted molar refractivity (Wildman–Crippen MR) is 87.9 cm³/mol. The number of carbonyl (C=O) groups excluding carboxylic acids is 1. The Morgan fingerprint density at radius 3 is 2.33 bits per heavy atom. The highest BCUT2D eigenvalue weighted by Crippen LogP contribution is 2.24. The Morgan fingerprint density at radius 1 is 1.25 bits per heavy atom. The summed E-state index contributed by atoms with van der Waals surface area (Å²) in [7, 11) is -4.55. The molecule has 0 aromatic heterocycles. The lowest BCUT2D eigenvalue weighted by Gasteiger charge is -2.34. The van der Waals surface area contributed by atoms with Gasteiger partial charge in [-0.2, -0.15) is 8.78 Å². The molecule has 0 spiro atoms. The van der Waals surface area contributed by atoms with E-state index < -0.39 is 15.6 Å². The zero-order valence-electron chi connectivity index (χ0n) is 13.5. The van der Waals surface area contributed by atoms with Gasteiger partial charge in [-0.25, -0.2) is 8.42 Å². The van der Waals surface area contributed by atoms with E-state index in [2.05, 4.69) is 10.2 Å². The molecule has 0 bridgehead atoms. The lowest BCUT2D eigenvalue weighted by Crippen LogP contribution is -2.44. The average molecular weight is 360 g/mol. The number of hydrogen-bond donors (Lipinski definition) is 1. The second-order valence-corrected chi connectivity index (χ2v) is 7.80. The van der Waals surface area contributed by atoms with E-state index >= 15 is 0 Å². The van der Waals surface area contributed by atoms with Gasteiger partial charge in [-0.05, 0) is 43.5 Å². The van der Waals surface area contributed by atoms with Crippen molar-refractivity contribution >= 4 is 21.4 Å². The Morgan fingerprint density at radius 2 is 1.83 bits per heavy atom. The lowest BCUT2D eigenvalue weighted by atomic mass is 10.0. The SMILES string of the molecule is CCCC(=O)NC1CCN(c2ccc(S(=O)(=O)C(F)F)cc2)CC1. The highest BCUT2D eigenvalue weighted by molar-refractivity contribution is 7.91. The maximum Gasteiger partial charge on any atom is 0.341 e. The van der Waals surface area contributed by atoms with Crippen LogP contribution >= 0.6 is 0 Å². The van der Waals surface area contributed by atoms with Crippen molar-refractivity contribution in [1.29, 1.82) is 0 Å². The molecule has 1 aliphatic heterocycles. The molecule has 134 valence electrons. The number of piperidine rings is 1. The number of anilines is 1. The molecule has 5 nitrogen and oxygen atoms in total. The standard InChI is InChI=1S/C16H22F2N2O3S/c1-2-3-15(21)19-12-8-10-20(11-9-12)13-4-6-14(7-5-13)24(22,23)16(17)18/h4-7,12,16H,2-3,8-11H2,1H3,(H,19,21). The van der Waals surface area contributed by atoms with E-state index in [9.17, 15) is 22.0 Å². The number of amides is 1. The minimum absolute atomic E-state index is 0.0671. The Labute approximate surface area is 141 Å². The summed E-state index contributed by atoms with van der Waals surface area (Å²) in [5.74, 6) is -3.34. The molecule has 2 rings (SSSR count). The molecule has 1 aromatic rings. The number of nitrogens with zero attached hydrogens (tertiary/aromatic N) is 1. The number of rotatable bonds is 6. The van der Waals surface area contributed by atoms with E-state index in [-0.39, 0.29) is 16.8 Å². The van der Waals surface area contributed by atoms with E-state index in [0.717, 1.165) is 38.0 Å². The van der Waals surface area contributed by atoms with Gasteiger partial charge in [-0.15, -0.1) is 0 Å². The molecule has 0 aliphatic carbocycles. The molecule has 1 fully saturated rings. The molecule has 1 saturated heterocycles. The molecular weight excluding hydrogens is 338 g/mol. The first kappa shape index (κ1) is 18.6. The molecule has 0 saturated carbocycles. The smallest absolute Gasteiger partial charge is 0.341 e. The first-order valence-electron chi connectivity index (χ1n) is 8.01. The fraction of sp³-hybridized carbons (Fsp3) is 0.562. The summed E-state index contributed by atoms with van der Waals surface area (Å²) in [4.78, 5) is 13.3. The number of benzene rings is 1. The molecule has 0 radical (unpaired) electrons. The fourth-order valence-electron chi connectivity index (χ4n) is 2.76. The molecule has 0 atom stereocenters. The van der Waals surface area contributed by atoms with Crippen LogP contribution in [0.25, 0.3) is 0 Å². The fourth-order valence-corrected chi connectivity index (χ4v) is 3.48. The van der Waals surface area contributed by atoms with Crippen molar-refractivity contribution in [3.8, 4) is 0 Å². The van der Waals surface area contributed by atoms with Crippen LogP contribution in [0, 0.1) is 0 Å². The average Bonchev–Trinajstić information content (AvgIpc) is 2.56. The summed E-state index contributed by atoms with van der Waals surface area (Å²) in [5, 5.41) is 3.01. The van der Waals surface area contributed by atoms with Gasteiger partial charge in [0.25, 0.3) is 0 Å². The number of sulfone groups is 1. The van der Waals surface area contributed by atoms with Gasteiger partial charge in [-0.1, -0.05) is 6.92 Å². The largest absolute Gasteiger partial charge is 0.371 e. The molecule has 1 amide bonds. The Hall–Kier alpha value is -1.70. The number of alkyl halides is 2. The van der Waals surface area contributed by atoms with Crippen molar-refractivity contribution in [2.75, 3.05) is 18.0 Å². The zero-order valence-corrected chi connectivity index (χ0v) is 14.4. The van der Waals surface area contributed by atoms with Crippen LogP contribution in [-0.4, -0.2) is 39.2 Å². The van der Waals surface area contributed by atoms with Crippen LogP contribution in [0.5, 0.6) is 0 Å². The molecule has 1 aromatic carbocycles. The lowest BCUT2D eigenvalue weighted by molar-refractivity contribution is -0.121. The van der Waals surface area contributed by atoms with Crippen molar-refractivity contribution in [2.45, 2.75) is 49.3 Å².